The van der Waals surface area contributed by atoms with Crippen LogP contribution < -0.4 is 5.32 Å². The molecule has 0 saturated carbocycles. The molecule has 0 aliphatic rings. The van der Waals surface area contributed by atoms with Crippen molar-refractivity contribution in [3.8, 4) is 0 Å². The molecule has 0 heterocycles. The van der Waals surface area contributed by atoms with Gasteiger partial charge in [0, 0.05) is 13.6 Å². The van der Waals surface area contributed by atoms with E-state index in [1.807, 2.05) is 0 Å². The number of aliphatic carboxylic acids is 1. The number of carboxylic acid groups (broad SMARTS) is 1. The zero-order valence-corrected chi connectivity index (χ0v) is 10.8. The van der Waals surface area contributed by atoms with Crippen molar-refractivity contribution in [1.29, 1.82) is 0 Å². The molecule has 0 fully saturated rings. The van der Waals surface area contributed by atoms with Gasteiger partial charge in [-0.3, -0.25) is 4.79 Å². The lowest BCUT2D eigenvalue weighted by atomic mass is 10.4. The van der Waals surface area contributed by atoms with Crippen LogP contribution in [0.15, 0.2) is 0 Å². The summed E-state index contributed by atoms with van der Waals surface area (Å²) in [6, 6.07) is -0.948. The highest BCUT2D eigenvalue weighted by Crippen LogP contribution is 2.17. The molecule has 0 aromatic heterocycles. The molecule has 0 bridgehead atoms. The molecule has 0 unspecified atom stereocenters. The first kappa shape index (κ1) is 17.5. The van der Waals surface area contributed by atoms with Crippen molar-refractivity contribution in [2.45, 2.75) is 12.6 Å². The van der Waals surface area contributed by atoms with E-state index in [2.05, 4.69) is 5.32 Å². The van der Waals surface area contributed by atoms with E-state index >= 15 is 0 Å². The third-order valence-corrected chi connectivity index (χ3v) is 2.21. The first-order chi connectivity index (χ1) is 8.67. The first-order valence-electron chi connectivity index (χ1n) is 5.60. The largest absolute Gasteiger partial charge is 0.480 e. The molecule has 0 rings (SSSR count). The van der Waals surface area contributed by atoms with Gasteiger partial charge in [0.15, 0.2) is 0 Å². The number of hydrogen-bond donors (Lipinski definition) is 2. The number of carbonyl (C=O) groups excluding carboxylic acids is 1. The SMILES string of the molecule is CNCCCN(C)C(=O)N(CC(=O)O)CC(F)(F)F. The van der Waals surface area contributed by atoms with Crippen molar-refractivity contribution in [3.63, 3.8) is 0 Å². The number of carbonyl (C=O) groups is 2. The summed E-state index contributed by atoms with van der Waals surface area (Å²) in [7, 11) is 3.05. The van der Waals surface area contributed by atoms with Gasteiger partial charge in [0.2, 0.25) is 0 Å². The average molecular weight is 285 g/mol. The van der Waals surface area contributed by atoms with Crippen LogP contribution in [-0.4, -0.2) is 73.4 Å². The zero-order chi connectivity index (χ0) is 15.1. The van der Waals surface area contributed by atoms with Crippen LogP contribution in [0.1, 0.15) is 6.42 Å². The molecule has 9 heteroatoms. The van der Waals surface area contributed by atoms with E-state index in [0.29, 0.717) is 13.0 Å². The van der Waals surface area contributed by atoms with Gasteiger partial charge in [-0.25, -0.2) is 4.79 Å². The molecule has 0 aromatic carbocycles. The minimum absolute atomic E-state index is 0.244. The molecule has 0 atom stereocenters. The zero-order valence-electron chi connectivity index (χ0n) is 10.8. The Morgan fingerprint density at radius 1 is 1.32 bits per heavy atom. The van der Waals surface area contributed by atoms with Crippen molar-refractivity contribution in [1.82, 2.24) is 15.1 Å². The van der Waals surface area contributed by atoms with Gasteiger partial charge in [0.25, 0.3) is 0 Å². The standard InChI is InChI=1S/C10H18F3N3O3/c1-14-4-3-5-15(2)9(19)16(6-8(17)18)7-10(11,12)13/h14H,3-7H2,1-2H3,(H,17,18). The van der Waals surface area contributed by atoms with E-state index in [1.165, 1.54) is 7.05 Å². The third kappa shape index (κ3) is 8.25. The minimum atomic E-state index is -4.63. The van der Waals surface area contributed by atoms with Crippen LogP contribution in [-0.2, 0) is 4.79 Å². The van der Waals surface area contributed by atoms with Crippen molar-refractivity contribution in [2.24, 2.45) is 0 Å². The Hall–Kier alpha value is -1.51. The summed E-state index contributed by atoms with van der Waals surface area (Å²) in [5.74, 6) is -1.48. The van der Waals surface area contributed by atoms with Gasteiger partial charge in [-0.15, -0.1) is 0 Å². The van der Waals surface area contributed by atoms with Crippen molar-refractivity contribution < 1.29 is 27.9 Å². The second-order valence-corrected chi connectivity index (χ2v) is 4.03. The Morgan fingerprint density at radius 3 is 2.32 bits per heavy atom. The molecule has 112 valence electrons. The van der Waals surface area contributed by atoms with E-state index in [9.17, 15) is 22.8 Å². The van der Waals surface area contributed by atoms with Crippen LogP contribution in [0.2, 0.25) is 0 Å². The fraction of sp³-hybridized carbons (Fsp3) is 0.800. The average Bonchev–Trinajstić information content (AvgIpc) is 2.24. The summed E-state index contributed by atoms with van der Waals surface area (Å²) < 4.78 is 36.8. The van der Waals surface area contributed by atoms with Gasteiger partial charge in [-0.1, -0.05) is 0 Å². The number of rotatable bonds is 7. The Kier molecular flexibility index (Phi) is 7.20. The molecule has 0 spiro atoms. The van der Waals surface area contributed by atoms with Gasteiger partial charge >= 0.3 is 18.2 Å². The molecule has 2 amide bonds. The van der Waals surface area contributed by atoms with E-state index < -0.39 is 31.3 Å². The smallest absolute Gasteiger partial charge is 0.406 e. The maximum atomic E-state index is 12.3. The van der Waals surface area contributed by atoms with Crippen molar-refractivity contribution in [3.05, 3.63) is 0 Å². The normalized spacial score (nSPS) is 11.2. The molecule has 0 aromatic rings. The Labute approximate surface area is 109 Å². The summed E-state index contributed by atoms with van der Waals surface area (Å²) in [6.07, 6.45) is -4.07. The molecule has 0 aliphatic heterocycles. The van der Waals surface area contributed by atoms with Crippen LogP contribution >= 0.6 is 0 Å². The highest BCUT2D eigenvalue weighted by molar-refractivity contribution is 5.80. The molecule has 0 radical (unpaired) electrons. The lowest BCUT2D eigenvalue weighted by Crippen LogP contribution is -2.48. The summed E-state index contributed by atoms with van der Waals surface area (Å²) in [6.45, 7) is -1.70. The van der Waals surface area contributed by atoms with Gasteiger partial charge < -0.3 is 20.2 Å². The molecule has 2 N–H and O–H groups in total. The van der Waals surface area contributed by atoms with Gasteiger partial charge in [-0.2, -0.15) is 13.2 Å². The van der Waals surface area contributed by atoms with E-state index in [-0.39, 0.29) is 11.4 Å². The summed E-state index contributed by atoms with van der Waals surface area (Å²) in [5.41, 5.74) is 0. The molecule has 6 nitrogen and oxygen atoms in total. The fourth-order valence-electron chi connectivity index (χ4n) is 1.40. The monoisotopic (exact) mass is 285 g/mol. The third-order valence-electron chi connectivity index (χ3n) is 2.21. The predicted molar refractivity (Wildman–Crippen MR) is 61.8 cm³/mol. The molecule has 0 saturated heterocycles. The Bertz CT molecular complexity index is 310. The van der Waals surface area contributed by atoms with Crippen LogP contribution in [0.4, 0.5) is 18.0 Å². The number of carboxylic acids is 1. The topological polar surface area (TPSA) is 72.9 Å². The number of alkyl halides is 3. The number of hydrogen-bond acceptors (Lipinski definition) is 3. The highest BCUT2D eigenvalue weighted by atomic mass is 19.4. The van der Waals surface area contributed by atoms with Gasteiger partial charge in [0.1, 0.15) is 13.1 Å². The fourth-order valence-corrected chi connectivity index (χ4v) is 1.40. The highest BCUT2D eigenvalue weighted by Gasteiger charge is 2.34. The second-order valence-electron chi connectivity index (χ2n) is 4.03. The number of nitrogens with zero attached hydrogens (tertiary/aromatic N) is 2. The Balaban J connectivity index is 4.56. The van der Waals surface area contributed by atoms with Crippen molar-refractivity contribution >= 4 is 12.0 Å². The summed E-state index contributed by atoms with van der Waals surface area (Å²) in [4.78, 5) is 23.6. The number of urea groups is 1. The van der Waals surface area contributed by atoms with E-state index in [4.69, 9.17) is 5.11 Å². The molecular weight excluding hydrogens is 267 g/mol. The Morgan fingerprint density at radius 2 is 1.89 bits per heavy atom. The summed E-state index contributed by atoms with van der Waals surface area (Å²) in [5, 5.41) is 11.4. The van der Waals surface area contributed by atoms with E-state index in [0.717, 1.165) is 4.90 Å². The maximum absolute atomic E-state index is 12.3. The van der Waals surface area contributed by atoms with Crippen LogP contribution in [0.5, 0.6) is 0 Å². The van der Waals surface area contributed by atoms with Crippen LogP contribution in [0.25, 0.3) is 0 Å². The lowest BCUT2D eigenvalue weighted by Gasteiger charge is -2.27. The number of amides is 2. The first-order valence-corrected chi connectivity index (χ1v) is 5.60. The molecule has 19 heavy (non-hydrogen) atoms. The van der Waals surface area contributed by atoms with Gasteiger partial charge in [0.05, 0.1) is 0 Å². The van der Waals surface area contributed by atoms with Crippen molar-refractivity contribution in [2.75, 3.05) is 40.3 Å². The predicted octanol–water partition coefficient (Wildman–Crippen LogP) is 0.597. The second kappa shape index (κ2) is 7.82. The molecule has 0 aliphatic carbocycles. The lowest BCUT2D eigenvalue weighted by molar-refractivity contribution is -0.149. The number of nitrogens with one attached hydrogen (secondary N) is 1. The van der Waals surface area contributed by atoms with E-state index in [1.54, 1.807) is 7.05 Å². The van der Waals surface area contributed by atoms with Crippen LogP contribution in [0.3, 0.4) is 0 Å². The quantitative estimate of drug-likeness (QED) is 0.672. The number of halogens is 3. The summed E-state index contributed by atoms with van der Waals surface area (Å²) >= 11 is 0. The van der Waals surface area contributed by atoms with Gasteiger partial charge in [-0.05, 0) is 20.0 Å². The van der Waals surface area contributed by atoms with Crippen LogP contribution in [0, 0.1) is 0 Å². The minimum Gasteiger partial charge on any atom is -0.480 e. The maximum Gasteiger partial charge on any atom is 0.406 e. The molecular formula is C10H18F3N3O3.